The maximum absolute atomic E-state index is 12.4. The van der Waals surface area contributed by atoms with E-state index in [1.165, 1.54) is 5.56 Å². The van der Waals surface area contributed by atoms with Crippen LogP contribution in [0.15, 0.2) is 24.3 Å². The topological polar surface area (TPSA) is 29.5 Å². The second-order valence-corrected chi connectivity index (χ2v) is 7.66. The van der Waals surface area contributed by atoms with E-state index in [2.05, 4.69) is 33.8 Å². The standard InChI is InChI=1S/C19H29NO2/c1-15-8-5-6-10-17(15)22-14-16-9-7-11-20(13-16)18(21)12-19(2,3)4/h5-6,8,10,16H,7,9,11-14H2,1-4H3. The summed E-state index contributed by atoms with van der Waals surface area (Å²) >= 11 is 0. The molecule has 1 aromatic rings. The number of nitrogens with zero attached hydrogens (tertiary/aromatic N) is 1. The lowest BCUT2D eigenvalue weighted by Crippen LogP contribution is -2.42. The summed E-state index contributed by atoms with van der Waals surface area (Å²) in [6.07, 6.45) is 2.85. The Morgan fingerprint density at radius 3 is 2.73 bits per heavy atom. The fourth-order valence-corrected chi connectivity index (χ4v) is 2.92. The predicted molar refractivity (Wildman–Crippen MR) is 90.1 cm³/mol. The second kappa shape index (κ2) is 7.17. The first-order valence-electron chi connectivity index (χ1n) is 8.31. The molecule has 1 aliphatic rings. The zero-order chi connectivity index (χ0) is 16.2. The van der Waals surface area contributed by atoms with E-state index in [0.717, 1.165) is 31.7 Å². The molecule has 1 aromatic carbocycles. The quantitative estimate of drug-likeness (QED) is 0.840. The third-order valence-corrected chi connectivity index (χ3v) is 4.12. The van der Waals surface area contributed by atoms with Gasteiger partial charge in [-0.15, -0.1) is 0 Å². The number of amides is 1. The van der Waals surface area contributed by atoms with Gasteiger partial charge in [-0.1, -0.05) is 39.0 Å². The first-order valence-corrected chi connectivity index (χ1v) is 8.31. The van der Waals surface area contributed by atoms with Crippen molar-refractivity contribution in [2.45, 2.75) is 47.0 Å². The van der Waals surface area contributed by atoms with Gasteiger partial charge in [-0.2, -0.15) is 0 Å². The summed E-state index contributed by atoms with van der Waals surface area (Å²) in [4.78, 5) is 14.4. The highest BCUT2D eigenvalue weighted by molar-refractivity contribution is 5.76. The minimum Gasteiger partial charge on any atom is -0.493 e. The molecule has 1 aliphatic heterocycles. The van der Waals surface area contributed by atoms with Crippen molar-refractivity contribution in [3.05, 3.63) is 29.8 Å². The van der Waals surface area contributed by atoms with Crippen LogP contribution in [-0.2, 0) is 4.79 Å². The number of carbonyl (C=O) groups is 1. The molecule has 2 rings (SSSR count). The van der Waals surface area contributed by atoms with Gasteiger partial charge in [0.15, 0.2) is 0 Å². The Labute approximate surface area is 134 Å². The van der Waals surface area contributed by atoms with E-state index < -0.39 is 0 Å². The summed E-state index contributed by atoms with van der Waals surface area (Å²) in [5, 5.41) is 0. The minimum atomic E-state index is 0.0572. The van der Waals surface area contributed by atoms with Crippen molar-refractivity contribution in [3.8, 4) is 5.75 Å². The highest BCUT2D eigenvalue weighted by Crippen LogP contribution is 2.24. The van der Waals surface area contributed by atoms with Crippen LogP contribution >= 0.6 is 0 Å². The summed E-state index contributed by atoms with van der Waals surface area (Å²) in [5.74, 6) is 1.69. The molecule has 22 heavy (non-hydrogen) atoms. The highest BCUT2D eigenvalue weighted by Gasteiger charge is 2.26. The molecule has 0 aromatic heterocycles. The molecule has 1 unspecified atom stereocenters. The zero-order valence-corrected chi connectivity index (χ0v) is 14.4. The third kappa shape index (κ3) is 5.04. The zero-order valence-electron chi connectivity index (χ0n) is 14.4. The summed E-state index contributed by atoms with van der Waals surface area (Å²) < 4.78 is 5.97. The molecule has 0 spiro atoms. The van der Waals surface area contributed by atoms with E-state index in [9.17, 15) is 4.79 Å². The van der Waals surface area contributed by atoms with Crippen LogP contribution in [-0.4, -0.2) is 30.5 Å². The van der Waals surface area contributed by atoms with E-state index in [1.54, 1.807) is 0 Å². The average Bonchev–Trinajstić information content (AvgIpc) is 2.45. The lowest BCUT2D eigenvalue weighted by atomic mass is 9.90. The number of piperidine rings is 1. The molecule has 1 amide bonds. The van der Waals surface area contributed by atoms with E-state index in [4.69, 9.17) is 4.74 Å². The van der Waals surface area contributed by atoms with Crippen molar-refractivity contribution in [2.24, 2.45) is 11.3 Å². The summed E-state index contributed by atoms with van der Waals surface area (Å²) in [5.41, 5.74) is 1.22. The normalized spacial score (nSPS) is 19.1. The predicted octanol–water partition coefficient (Wildman–Crippen LogP) is 4.05. The van der Waals surface area contributed by atoms with E-state index >= 15 is 0 Å². The SMILES string of the molecule is Cc1ccccc1OCC1CCCN(C(=O)CC(C)(C)C)C1. The Morgan fingerprint density at radius 1 is 1.32 bits per heavy atom. The molecular weight excluding hydrogens is 274 g/mol. The number of hydrogen-bond acceptors (Lipinski definition) is 2. The van der Waals surface area contributed by atoms with Gasteiger partial charge in [0.1, 0.15) is 5.75 Å². The van der Waals surface area contributed by atoms with Gasteiger partial charge in [-0.25, -0.2) is 0 Å². The first-order chi connectivity index (χ1) is 10.3. The molecule has 0 radical (unpaired) electrons. The van der Waals surface area contributed by atoms with Gasteiger partial charge in [0.25, 0.3) is 0 Å². The number of para-hydroxylation sites is 1. The van der Waals surface area contributed by atoms with Crippen LogP contribution in [0.5, 0.6) is 5.75 Å². The number of aryl methyl sites for hydroxylation is 1. The van der Waals surface area contributed by atoms with Crippen LogP contribution in [0.25, 0.3) is 0 Å². The molecule has 1 saturated heterocycles. The number of carbonyl (C=O) groups excluding carboxylic acids is 1. The van der Waals surface area contributed by atoms with E-state index in [0.29, 0.717) is 18.9 Å². The first kappa shape index (κ1) is 16.9. The lowest BCUT2D eigenvalue weighted by Gasteiger charge is -2.34. The Hall–Kier alpha value is -1.51. The largest absolute Gasteiger partial charge is 0.493 e. The smallest absolute Gasteiger partial charge is 0.223 e. The van der Waals surface area contributed by atoms with Crippen LogP contribution in [0, 0.1) is 18.3 Å². The van der Waals surface area contributed by atoms with Crippen LogP contribution in [0.1, 0.15) is 45.6 Å². The van der Waals surface area contributed by atoms with Gasteiger partial charge >= 0.3 is 0 Å². The molecule has 3 heteroatoms. The van der Waals surface area contributed by atoms with Gasteiger partial charge in [-0.05, 0) is 36.8 Å². The van der Waals surface area contributed by atoms with Crippen molar-refractivity contribution >= 4 is 5.91 Å². The molecule has 1 fully saturated rings. The highest BCUT2D eigenvalue weighted by atomic mass is 16.5. The van der Waals surface area contributed by atoms with Crippen molar-refractivity contribution in [2.75, 3.05) is 19.7 Å². The van der Waals surface area contributed by atoms with Crippen LogP contribution < -0.4 is 4.74 Å². The summed E-state index contributed by atoms with van der Waals surface area (Å²) in [6.45, 7) is 10.9. The third-order valence-electron chi connectivity index (χ3n) is 4.12. The van der Waals surface area contributed by atoms with Crippen molar-refractivity contribution in [1.82, 2.24) is 4.90 Å². The van der Waals surface area contributed by atoms with Gasteiger partial charge < -0.3 is 9.64 Å². The fourth-order valence-electron chi connectivity index (χ4n) is 2.92. The molecule has 0 N–H and O–H groups in total. The van der Waals surface area contributed by atoms with Gasteiger partial charge in [0.2, 0.25) is 5.91 Å². The molecule has 3 nitrogen and oxygen atoms in total. The van der Waals surface area contributed by atoms with Crippen LogP contribution in [0.4, 0.5) is 0 Å². The maximum atomic E-state index is 12.4. The molecule has 0 bridgehead atoms. The van der Waals surface area contributed by atoms with Crippen molar-refractivity contribution < 1.29 is 9.53 Å². The average molecular weight is 303 g/mol. The summed E-state index contributed by atoms with van der Waals surface area (Å²) in [6, 6.07) is 8.11. The monoisotopic (exact) mass is 303 g/mol. The van der Waals surface area contributed by atoms with Crippen molar-refractivity contribution in [3.63, 3.8) is 0 Å². The summed E-state index contributed by atoms with van der Waals surface area (Å²) in [7, 11) is 0. The second-order valence-electron chi connectivity index (χ2n) is 7.66. The molecule has 122 valence electrons. The Bertz CT molecular complexity index is 504. The van der Waals surface area contributed by atoms with Gasteiger partial charge in [-0.3, -0.25) is 4.79 Å². The lowest BCUT2D eigenvalue weighted by molar-refractivity contribution is -0.135. The maximum Gasteiger partial charge on any atom is 0.223 e. The van der Waals surface area contributed by atoms with Crippen LogP contribution in [0.2, 0.25) is 0 Å². The Balaban J connectivity index is 1.86. The van der Waals surface area contributed by atoms with Crippen molar-refractivity contribution in [1.29, 1.82) is 0 Å². The number of hydrogen-bond donors (Lipinski definition) is 0. The molecule has 1 heterocycles. The van der Waals surface area contributed by atoms with E-state index in [1.807, 2.05) is 23.1 Å². The van der Waals surface area contributed by atoms with Gasteiger partial charge in [0.05, 0.1) is 6.61 Å². The molecule has 1 atom stereocenters. The van der Waals surface area contributed by atoms with Crippen LogP contribution in [0.3, 0.4) is 0 Å². The number of ether oxygens (including phenoxy) is 1. The number of benzene rings is 1. The Morgan fingerprint density at radius 2 is 2.05 bits per heavy atom. The molecule has 0 saturated carbocycles. The van der Waals surface area contributed by atoms with E-state index in [-0.39, 0.29) is 11.3 Å². The van der Waals surface area contributed by atoms with Gasteiger partial charge in [0, 0.05) is 25.4 Å². The molecular formula is C19H29NO2. The Kier molecular flexibility index (Phi) is 5.49. The fraction of sp³-hybridized carbons (Fsp3) is 0.632. The number of likely N-dealkylation sites (tertiary alicyclic amines) is 1. The molecule has 0 aliphatic carbocycles. The minimum absolute atomic E-state index is 0.0572. The number of rotatable bonds is 4.